The molecule has 0 saturated carbocycles. The standard InChI is InChI=1S/C21H22N4OS2/c1-12-10-13-6-2-4-8-15(13)25(12)17(26)11-27-21-23-19(22)18-14-7-3-5-9-16(14)28-20(18)24-21/h2,4,6,8,12H,3,5,7,9-11H2,1H3,(H2,22,23,24). The van der Waals surface area contributed by atoms with E-state index in [4.69, 9.17) is 10.7 Å². The number of fused-ring (bicyclic) bond motifs is 4. The smallest absolute Gasteiger partial charge is 0.237 e. The topological polar surface area (TPSA) is 72.1 Å². The molecule has 1 atom stereocenters. The lowest BCUT2D eigenvalue weighted by atomic mass is 9.97. The van der Waals surface area contributed by atoms with Gasteiger partial charge in [-0.1, -0.05) is 30.0 Å². The molecule has 5 rings (SSSR count). The number of nitrogens with zero attached hydrogens (tertiary/aromatic N) is 3. The Labute approximate surface area is 172 Å². The van der Waals surface area contributed by atoms with Gasteiger partial charge in [0, 0.05) is 16.6 Å². The fraction of sp³-hybridized carbons (Fsp3) is 0.381. The third-order valence-electron chi connectivity index (χ3n) is 5.62. The lowest BCUT2D eigenvalue weighted by molar-refractivity contribution is -0.116. The van der Waals surface area contributed by atoms with Gasteiger partial charge in [0.05, 0.1) is 11.1 Å². The molecule has 144 valence electrons. The Bertz CT molecular complexity index is 1080. The predicted octanol–water partition coefficient (Wildman–Crippen LogP) is 4.22. The van der Waals surface area contributed by atoms with Crippen molar-refractivity contribution >= 4 is 50.7 Å². The van der Waals surface area contributed by atoms with Crippen LogP contribution in [0, 0.1) is 0 Å². The molecule has 28 heavy (non-hydrogen) atoms. The molecule has 5 nitrogen and oxygen atoms in total. The number of anilines is 2. The number of hydrogen-bond donors (Lipinski definition) is 1. The molecule has 2 aliphatic rings. The third kappa shape index (κ3) is 2.97. The summed E-state index contributed by atoms with van der Waals surface area (Å²) in [5.74, 6) is 0.962. The molecular formula is C21H22N4OS2. The number of nitrogens with two attached hydrogens (primary N) is 1. The second-order valence-electron chi connectivity index (χ2n) is 7.52. The average molecular weight is 411 g/mol. The van der Waals surface area contributed by atoms with E-state index in [0.29, 0.717) is 16.7 Å². The first kappa shape index (κ1) is 17.9. The van der Waals surface area contributed by atoms with Crippen LogP contribution in [0.3, 0.4) is 0 Å². The molecular weight excluding hydrogens is 388 g/mol. The number of aromatic nitrogens is 2. The highest BCUT2D eigenvalue weighted by atomic mass is 32.2. The van der Waals surface area contributed by atoms with E-state index in [0.717, 1.165) is 35.2 Å². The van der Waals surface area contributed by atoms with E-state index < -0.39 is 0 Å². The fourth-order valence-electron chi connectivity index (χ4n) is 4.37. The van der Waals surface area contributed by atoms with Crippen molar-refractivity contribution in [3.63, 3.8) is 0 Å². The highest BCUT2D eigenvalue weighted by molar-refractivity contribution is 7.99. The minimum Gasteiger partial charge on any atom is -0.383 e. The molecule has 7 heteroatoms. The van der Waals surface area contributed by atoms with E-state index >= 15 is 0 Å². The van der Waals surface area contributed by atoms with Crippen molar-refractivity contribution in [3.05, 3.63) is 40.3 Å². The predicted molar refractivity (Wildman–Crippen MR) is 116 cm³/mol. The Morgan fingerprint density at radius 3 is 3.00 bits per heavy atom. The molecule has 1 aromatic carbocycles. The molecule has 1 amide bonds. The Morgan fingerprint density at radius 1 is 1.29 bits per heavy atom. The summed E-state index contributed by atoms with van der Waals surface area (Å²) in [4.78, 5) is 26.4. The molecule has 1 unspecified atom stereocenters. The number of rotatable bonds is 3. The third-order valence-corrected chi connectivity index (χ3v) is 7.64. The van der Waals surface area contributed by atoms with Crippen molar-refractivity contribution in [1.29, 1.82) is 0 Å². The van der Waals surface area contributed by atoms with Gasteiger partial charge in [0.1, 0.15) is 10.6 Å². The number of nitrogen functional groups attached to an aromatic ring is 1. The summed E-state index contributed by atoms with van der Waals surface area (Å²) in [6.45, 7) is 2.10. The summed E-state index contributed by atoms with van der Waals surface area (Å²) in [7, 11) is 0. The van der Waals surface area contributed by atoms with Gasteiger partial charge in [-0.25, -0.2) is 9.97 Å². The van der Waals surface area contributed by atoms with E-state index in [1.807, 2.05) is 23.1 Å². The highest BCUT2D eigenvalue weighted by Gasteiger charge is 2.30. The molecule has 0 saturated heterocycles. The van der Waals surface area contributed by atoms with Crippen molar-refractivity contribution in [2.75, 3.05) is 16.4 Å². The van der Waals surface area contributed by atoms with Crippen molar-refractivity contribution in [1.82, 2.24) is 9.97 Å². The van der Waals surface area contributed by atoms with Gasteiger partial charge >= 0.3 is 0 Å². The first-order chi connectivity index (χ1) is 13.6. The van der Waals surface area contributed by atoms with Gasteiger partial charge in [0.15, 0.2) is 5.16 Å². The minimum atomic E-state index is 0.0928. The Morgan fingerprint density at radius 2 is 2.11 bits per heavy atom. The van der Waals surface area contributed by atoms with Crippen molar-refractivity contribution in [2.24, 2.45) is 0 Å². The van der Waals surface area contributed by atoms with E-state index in [9.17, 15) is 4.79 Å². The molecule has 1 aliphatic carbocycles. The normalized spacial score (nSPS) is 18.3. The molecule has 0 fully saturated rings. The number of hydrogen-bond acceptors (Lipinski definition) is 6. The summed E-state index contributed by atoms with van der Waals surface area (Å²) < 4.78 is 0. The average Bonchev–Trinajstić information content (AvgIpc) is 3.22. The minimum absolute atomic E-state index is 0.0928. The van der Waals surface area contributed by atoms with Crippen LogP contribution in [0.15, 0.2) is 29.4 Å². The van der Waals surface area contributed by atoms with Gasteiger partial charge in [0.2, 0.25) is 5.91 Å². The van der Waals surface area contributed by atoms with Crippen molar-refractivity contribution in [2.45, 2.75) is 50.2 Å². The van der Waals surface area contributed by atoms with Gasteiger partial charge in [-0.3, -0.25) is 4.79 Å². The number of benzene rings is 1. The molecule has 0 spiro atoms. The maximum atomic E-state index is 12.9. The number of carbonyl (C=O) groups excluding carboxylic acids is 1. The summed E-state index contributed by atoms with van der Waals surface area (Å²) in [5.41, 5.74) is 9.90. The SMILES string of the molecule is CC1Cc2ccccc2N1C(=O)CSc1nc(N)c2c3c(sc2n1)CCCC3. The lowest BCUT2D eigenvalue weighted by Crippen LogP contribution is -2.37. The number of aryl methyl sites for hydroxylation is 2. The first-order valence-corrected chi connectivity index (χ1v) is 11.5. The molecule has 3 aromatic rings. The van der Waals surface area contributed by atoms with Crippen LogP contribution in [0.1, 0.15) is 35.8 Å². The highest BCUT2D eigenvalue weighted by Crippen LogP contribution is 2.39. The van der Waals surface area contributed by atoms with Crippen LogP contribution in [-0.2, 0) is 24.1 Å². The number of thiophene rings is 1. The first-order valence-electron chi connectivity index (χ1n) is 9.72. The summed E-state index contributed by atoms with van der Waals surface area (Å²) in [6.07, 6.45) is 5.53. The Kier molecular flexibility index (Phi) is 4.51. The summed E-state index contributed by atoms with van der Waals surface area (Å²) >= 11 is 3.12. The van der Waals surface area contributed by atoms with Gasteiger partial charge < -0.3 is 10.6 Å². The largest absolute Gasteiger partial charge is 0.383 e. The molecule has 0 bridgehead atoms. The van der Waals surface area contributed by atoms with Crippen LogP contribution in [0.5, 0.6) is 0 Å². The van der Waals surface area contributed by atoms with Gasteiger partial charge in [0.25, 0.3) is 0 Å². The van der Waals surface area contributed by atoms with Crippen molar-refractivity contribution in [3.8, 4) is 0 Å². The number of para-hydroxylation sites is 1. The zero-order valence-corrected chi connectivity index (χ0v) is 17.4. The van der Waals surface area contributed by atoms with Crippen LogP contribution >= 0.6 is 23.1 Å². The van der Waals surface area contributed by atoms with E-state index in [-0.39, 0.29) is 11.9 Å². The zero-order valence-electron chi connectivity index (χ0n) is 15.8. The fourth-order valence-corrected chi connectivity index (χ4v) is 6.41. The van der Waals surface area contributed by atoms with Crippen LogP contribution in [-0.4, -0.2) is 27.7 Å². The molecule has 3 heterocycles. The van der Waals surface area contributed by atoms with Gasteiger partial charge in [-0.2, -0.15) is 0 Å². The maximum Gasteiger partial charge on any atom is 0.237 e. The monoisotopic (exact) mass is 410 g/mol. The van der Waals surface area contributed by atoms with Gasteiger partial charge in [-0.15, -0.1) is 11.3 Å². The molecule has 2 aromatic heterocycles. The summed E-state index contributed by atoms with van der Waals surface area (Å²) in [6, 6.07) is 8.32. The molecule has 1 aliphatic heterocycles. The quantitative estimate of drug-likeness (QED) is 0.517. The maximum absolute atomic E-state index is 12.9. The Hall–Kier alpha value is -2.12. The van der Waals surface area contributed by atoms with Crippen LogP contribution in [0.2, 0.25) is 0 Å². The van der Waals surface area contributed by atoms with Crippen LogP contribution in [0.25, 0.3) is 10.2 Å². The Balaban J connectivity index is 1.37. The van der Waals surface area contributed by atoms with Crippen LogP contribution < -0.4 is 10.6 Å². The zero-order chi connectivity index (χ0) is 19.3. The van der Waals surface area contributed by atoms with Crippen LogP contribution in [0.4, 0.5) is 11.5 Å². The molecule has 0 radical (unpaired) electrons. The van der Waals surface area contributed by atoms with Crippen molar-refractivity contribution < 1.29 is 4.79 Å². The van der Waals surface area contributed by atoms with E-state index in [1.165, 1.54) is 40.6 Å². The lowest BCUT2D eigenvalue weighted by Gasteiger charge is -2.22. The number of amides is 1. The second kappa shape index (κ2) is 7.04. The molecule has 2 N–H and O–H groups in total. The summed E-state index contributed by atoms with van der Waals surface area (Å²) in [5, 5.41) is 1.63. The van der Waals surface area contributed by atoms with E-state index in [2.05, 4.69) is 18.0 Å². The van der Waals surface area contributed by atoms with E-state index in [1.54, 1.807) is 11.3 Å². The number of carbonyl (C=O) groups is 1. The number of thioether (sulfide) groups is 1. The van der Waals surface area contributed by atoms with Gasteiger partial charge in [-0.05, 0) is 56.2 Å². The second-order valence-corrected chi connectivity index (χ2v) is 9.54.